The summed E-state index contributed by atoms with van der Waals surface area (Å²) in [5.74, 6) is -0.367. The maximum atomic E-state index is 12.5. The zero-order valence-electron chi connectivity index (χ0n) is 9.54. The lowest BCUT2D eigenvalue weighted by molar-refractivity contribution is -0.141. The number of nitrogens with one attached hydrogen (secondary N) is 1. The Kier molecular flexibility index (Phi) is 3.38. The normalized spacial score (nSPS) is 22.2. The molecule has 18 heavy (non-hydrogen) atoms. The lowest BCUT2D eigenvalue weighted by Crippen LogP contribution is -2.17. The second-order valence-corrected chi connectivity index (χ2v) is 4.44. The third kappa shape index (κ3) is 2.53. The monoisotopic (exact) mass is 258 g/mol. The molecule has 2 atom stereocenters. The minimum Gasteiger partial charge on any atom is -0.388 e. The minimum absolute atomic E-state index is 0.175. The van der Waals surface area contributed by atoms with Crippen LogP contribution in [0.3, 0.4) is 0 Å². The second kappa shape index (κ2) is 4.68. The molecule has 0 spiro atoms. The first-order valence-electron chi connectivity index (χ1n) is 5.68. The molecule has 0 saturated heterocycles. The molecule has 1 fully saturated rings. The Hall–Kier alpha value is -1.43. The van der Waals surface area contributed by atoms with Crippen molar-refractivity contribution in [2.24, 2.45) is 5.92 Å². The molecule has 2 unspecified atom stereocenters. The summed E-state index contributed by atoms with van der Waals surface area (Å²) in [5, 5.41) is 17.7. The van der Waals surface area contributed by atoms with E-state index in [1.165, 1.54) is 6.07 Å². The number of nitrogens with zero attached hydrogens (tertiary/aromatic N) is 1. The smallest absolute Gasteiger partial charge is 0.388 e. The van der Waals surface area contributed by atoms with Crippen molar-refractivity contribution in [3.8, 4) is 0 Å². The van der Waals surface area contributed by atoms with Crippen LogP contribution in [0.25, 0.3) is 0 Å². The maximum Gasteiger partial charge on any atom is 0.433 e. The maximum absolute atomic E-state index is 12.5. The van der Waals surface area contributed by atoms with Gasteiger partial charge in [0, 0.05) is 17.8 Å². The fraction of sp³-hybridized carbons (Fsp3) is 0.500. The lowest BCUT2D eigenvalue weighted by atomic mass is 9.93. The summed E-state index contributed by atoms with van der Waals surface area (Å²) in [5.41, 5.74) is -0.426. The standard InChI is InChI=1S/C12H13F3N2O/c13-12(14,15)10-6-7(4-5-17-10)11(18)8-2-1-3-9(8)16/h4-6,8,11,16,18H,1-3H2. The van der Waals surface area contributed by atoms with Gasteiger partial charge in [0.1, 0.15) is 5.69 Å². The number of aliphatic hydroxyl groups is 1. The van der Waals surface area contributed by atoms with Crippen LogP contribution in [0.1, 0.15) is 36.6 Å². The average molecular weight is 258 g/mol. The summed E-state index contributed by atoms with van der Waals surface area (Å²) in [4.78, 5) is 3.25. The molecule has 2 N–H and O–H groups in total. The van der Waals surface area contributed by atoms with Crippen LogP contribution in [-0.2, 0) is 6.18 Å². The highest BCUT2D eigenvalue weighted by Crippen LogP contribution is 2.35. The van der Waals surface area contributed by atoms with Crippen molar-refractivity contribution in [2.75, 3.05) is 0 Å². The van der Waals surface area contributed by atoms with E-state index >= 15 is 0 Å². The van der Waals surface area contributed by atoms with E-state index in [1.54, 1.807) is 0 Å². The Balaban J connectivity index is 2.25. The summed E-state index contributed by atoms with van der Waals surface area (Å²) in [6.45, 7) is 0. The number of hydrogen-bond donors (Lipinski definition) is 2. The molecular weight excluding hydrogens is 245 g/mol. The first-order chi connectivity index (χ1) is 8.39. The van der Waals surface area contributed by atoms with Gasteiger partial charge in [-0.1, -0.05) is 0 Å². The molecule has 0 aliphatic heterocycles. The molecule has 0 radical (unpaired) electrons. The van der Waals surface area contributed by atoms with Gasteiger partial charge in [0.05, 0.1) is 6.10 Å². The summed E-state index contributed by atoms with van der Waals surface area (Å²) in [6, 6.07) is 2.22. The Labute approximate surface area is 102 Å². The molecule has 0 amide bonds. The Morgan fingerprint density at radius 3 is 2.72 bits per heavy atom. The van der Waals surface area contributed by atoms with Gasteiger partial charge in [0.15, 0.2) is 0 Å². The summed E-state index contributed by atoms with van der Waals surface area (Å²) in [6.07, 6.45) is -2.47. The number of hydrogen-bond acceptors (Lipinski definition) is 3. The van der Waals surface area contributed by atoms with Gasteiger partial charge in [-0.05, 0) is 37.0 Å². The van der Waals surface area contributed by atoms with E-state index in [0.29, 0.717) is 18.6 Å². The topological polar surface area (TPSA) is 57.0 Å². The van der Waals surface area contributed by atoms with E-state index < -0.39 is 18.0 Å². The van der Waals surface area contributed by atoms with Crippen molar-refractivity contribution in [1.29, 1.82) is 5.41 Å². The van der Waals surface area contributed by atoms with Gasteiger partial charge in [0.2, 0.25) is 0 Å². The molecule has 1 saturated carbocycles. The van der Waals surface area contributed by atoms with Crippen molar-refractivity contribution in [3.05, 3.63) is 29.6 Å². The second-order valence-electron chi connectivity index (χ2n) is 4.44. The van der Waals surface area contributed by atoms with Crippen molar-refractivity contribution in [1.82, 2.24) is 4.98 Å². The van der Waals surface area contributed by atoms with E-state index in [2.05, 4.69) is 4.98 Å². The fourth-order valence-corrected chi connectivity index (χ4v) is 2.24. The zero-order valence-corrected chi connectivity index (χ0v) is 9.54. The Morgan fingerprint density at radius 1 is 1.44 bits per heavy atom. The number of alkyl halides is 3. The molecule has 1 aromatic heterocycles. The molecule has 0 aromatic carbocycles. The number of rotatable bonds is 2. The highest BCUT2D eigenvalue weighted by Gasteiger charge is 2.34. The van der Waals surface area contributed by atoms with Gasteiger partial charge in [-0.3, -0.25) is 4.98 Å². The van der Waals surface area contributed by atoms with E-state index in [4.69, 9.17) is 5.41 Å². The van der Waals surface area contributed by atoms with E-state index in [1.807, 2.05) is 0 Å². The molecule has 3 nitrogen and oxygen atoms in total. The van der Waals surface area contributed by atoms with Gasteiger partial charge in [-0.15, -0.1) is 0 Å². The summed E-state index contributed by atoms with van der Waals surface area (Å²) < 4.78 is 37.5. The summed E-state index contributed by atoms with van der Waals surface area (Å²) in [7, 11) is 0. The molecular formula is C12H13F3N2O. The van der Waals surface area contributed by atoms with Crippen LogP contribution in [0.5, 0.6) is 0 Å². The highest BCUT2D eigenvalue weighted by atomic mass is 19.4. The third-order valence-electron chi connectivity index (χ3n) is 3.21. The van der Waals surface area contributed by atoms with Crippen LogP contribution in [0, 0.1) is 11.3 Å². The van der Waals surface area contributed by atoms with E-state index in [9.17, 15) is 18.3 Å². The van der Waals surface area contributed by atoms with Gasteiger partial charge >= 0.3 is 6.18 Å². The largest absolute Gasteiger partial charge is 0.433 e. The van der Waals surface area contributed by atoms with Gasteiger partial charge in [0.25, 0.3) is 0 Å². The molecule has 2 rings (SSSR count). The third-order valence-corrected chi connectivity index (χ3v) is 3.21. The van der Waals surface area contributed by atoms with Crippen molar-refractivity contribution in [2.45, 2.75) is 31.5 Å². The molecule has 0 bridgehead atoms. The number of aromatic nitrogens is 1. The highest BCUT2D eigenvalue weighted by molar-refractivity contribution is 5.86. The zero-order chi connectivity index (χ0) is 13.3. The molecule has 98 valence electrons. The lowest BCUT2D eigenvalue weighted by Gasteiger charge is -2.19. The van der Waals surface area contributed by atoms with Crippen LogP contribution in [0.4, 0.5) is 13.2 Å². The Morgan fingerprint density at radius 2 is 2.17 bits per heavy atom. The van der Waals surface area contributed by atoms with Crippen LogP contribution in [0.2, 0.25) is 0 Å². The minimum atomic E-state index is -4.51. The van der Waals surface area contributed by atoms with Crippen LogP contribution < -0.4 is 0 Å². The van der Waals surface area contributed by atoms with Crippen LogP contribution >= 0.6 is 0 Å². The first kappa shape index (κ1) is 13.0. The number of pyridine rings is 1. The van der Waals surface area contributed by atoms with Gasteiger partial charge in [-0.2, -0.15) is 13.2 Å². The van der Waals surface area contributed by atoms with Gasteiger partial charge < -0.3 is 10.5 Å². The van der Waals surface area contributed by atoms with Crippen LogP contribution in [-0.4, -0.2) is 15.8 Å². The molecule has 1 aromatic rings. The predicted octanol–water partition coefficient (Wildman–Crippen LogP) is 2.95. The predicted molar refractivity (Wildman–Crippen MR) is 59.3 cm³/mol. The number of aliphatic hydroxyl groups excluding tert-OH is 1. The number of halogens is 3. The van der Waals surface area contributed by atoms with Crippen molar-refractivity contribution < 1.29 is 18.3 Å². The van der Waals surface area contributed by atoms with E-state index in [-0.39, 0.29) is 11.5 Å². The first-order valence-corrected chi connectivity index (χ1v) is 5.68. The molecule has 1 heterocycles. The Bertz CT molecular complexity index is 459. The van der Waals surface area contributed by atoms with Crippen molar-refractivity contribution in [3.63, 3.8) is 0 Å². The van der Waals surface area contributed by atoms with Crippen LogP contribution in [0.15, 0.2) is 18.3 Å². The molecule has 6 heteroatoms. The fourth-order valence-electron chi connectivity index (χ4n) is 2.24. The van der Waals surface area contributed by atoms with Gasteiger partial charge in [-0.25, -0.2) is 0 Å². The molecule has 1 aliphatic rings. The van der Waals surface area contributed by atoms with Crippen molar-refractivity contribution >= 4 is 5.71 Å². The average Bonchev–Trinajstić information content (AvgIpc) is 2.73. The molecule has 1 aliphatic carbocycles. The van der Waals surface area contributed by atoms with E-state index in [0.717, 1.165) is 18.7 Å². The summed E-state index contributed by atoms with van der Waals surface area (Å²) >= 11 is 0. The quantitative estimate of drug-likeness (QED) is 0.856. The SMILES string of the molecule is N=C1CCCC1C(O)c1ccnc(C(F)(F)F)c1.